The summed E-state index contributed by atoms with van der Waals surface area (Å²) >= 11 is 7.20. The Kier molecular flexibility index (Phi) is 5.86. The second-order valence-corrected chi connectivity index (χ2v) is 9.54. The molecular formula is C23H18ClFN6O3S. The van der Waals surface area contributed by atoms with Crippen molar-refractivity contribution < 1.29 is 18.7 Å². The summed E-state index contributed by atoms with van der Waals surface area (Å²) in [4.78, 5) is 34.6. The number of nitriles is 1. The lowest BCUT2D eigenvalue weighted by molar-refractivity contribution is -0.119. The van der Waals surface area contributed by atoms with Crippen molar-refractivity contribution in [3.05, 3.63) is 53.2 Å². The fourth-order valence-electron chi connectivity index (χ4n) is 4.36. The van der Waals surface area contributed by atoms with Crippen molar-refractivity contribution >= 4 is 56.8 Å². The van der Waals surface area contributed by atoms with Gasteiger partial charge in [-0.05, 0) is 18.2 Å². The van der Waals surface area contributed by atoms with Gasteiger partial charge < -0.3 is 9.64 Å². The van der Waals surface area contributed by atoms with Crippen molar-refractivity contribution in [2.45, 2.75) is 17.7 Å². The maximum Gasteiger partial charge on any atom is 0.332 e. The summed E-state index contributed by atoms with van der Waals surface area (Å²) in [5.74, 6) is -0.740. The number of amides is 3. The zero-order valence-corrected chi connectivity index (χ0v) is 20.2. The number of pyridine rings is 1. The summed E-state index contributed by atoms with van der Waals surface area (Å²) in [5.41, 5.74) is 1.09. The zero-order chi connectivity index (χ0) is 24.9. The maximum atomic E-state index is 14.9. The molecule has 0 radical (unpaired) electrons. The van der Waals surface area contributed by atoms with Crippen LogP contribution in [0.1, 0.15) is 12.0 Å². The normalized spacial score (nSPS) is 19.7. The Balaban J connectivity index is 1.59. The second kappa shape index (κ2) is 8.87. The highest BCUT2D eigenvalue weighted by atomic mass is 35.5. The number of methoxy groups -OCH3 is 1. The Hall–Kier alpha value is -3.62. The topological polar surface area (TPSA) is 104 Å². The third-order valence-corrected chi connectivity index (χ3v) is 7.62. The molecule has 4 heterocycles. The minimum Gasteiger partial charge on any atom is -0.495 e. The summed E-state index contributed by atoms with van der Waals surface area (Å²) in [6.07, 6.45) is 6.40. The number of rotatable bonds is 5. The molecular weight excluding hydrogens is 495 g/mol. The molecule has 0 N–H and O–H groups in total. The zero-order valence-electron chi connectivity index (χ0n) is 18.6. The van der Waals surface area contributed by atoms with Crippen LogP contribution < -0.4 is 9.64 Å². The van der Waals surface area contributed by atoms with Crippen LogP contribution >= 0.6 is 23.4 Å². The van der Waals surface area contributed by atoms with Crippen molar-refractivity contribution in [3.8, 4) is 11.8 Å². The molecule has 0 aliphatic carbocycles. The van der Waals surface area contributed by atoms with E-state index in [1.807, 2.05) is 6.07 Å². The van der Waals surface area contributed by atoms with Crippen molar-refractivity contribution in [1.82, 2.24) is 19.7 Å². The molecule has 3 amide bonds. The molecule has 1 saturated heterocycles. The third-order valence-electron chi connectivity index (χ3n) is 5.98. The van der Waals surface area contributed by atoms with Crippen molar-refractivity contribution in [3.63, 3.8) is 0 Å². The third kappa shape index (κ3) is 3.69. The van der Waals surface area contributed by atoms with E-state index in [1.54, 1.807) is 30.2 Å². The van der Waals surface area contributed by atoms with E-state index in [-0.39, 0.29) is 23.6 Å². The molecule has 9 nitrogen and oxygen atoms in total. The van der Waals surface area contributed by atoms with Crippen molar-refractivity contribution in [2.24, 2.45) is 7.05 Å². The van der Waals surface area contributed by atoms with Gasteiger partial charge in [-0.15, -0.1) is 11.8 Å². The molecule has 2 aliphatic rings. The maximum absolute atomic E-state index is 14.9. The number of imide groups is 1. The number of hydrogen-bond donors (Lipinski definition) is 0. The first-order valence-electron chi connectivity index (χ1n) is 10.5. The quantitative estimate of drug-likeness (QED) is 0.509. The molecule has 5 rings (SSSR count). The highest BCUT2D eigenvalue weighted by Crippen LogP contribution is 2.47. The van der Waals surface area contributed by atoms with Crippen LogP contribution in [0.3, 0.4) is 0 Å². The van der Waals surface area contributed by atoms with Gasteiger partial charge in [-0.2, -0.15) is 10.4 Å². The lowest BCUT2D eigenvalue weighted by Gasteiger charge is -2.40. The van der Waals surface area contributed by atoms with Crippen LogP contribution in [0.15, 0.2) is 36.8 Å². The molecule has 2 unspecified atom stereocenters. The number of nitrogens with zero attached hydrogens (tertiary/aromatic N) is 6. The van der Waals surface area contributed by atoms with Crippen LogP contribution in [0.25, 0.3) is 15.8 Å². The number of carbonyl (C=O) groups is 2. The van der Waals surface area contributed by atoms with E-state index in [0.29, 0.717) is 27.2 Å². The van der Waals surface area contributed by atoms with E-state index in [2.05, 4.69) is 10.1 Å². The van der Waals surface area contributed by atoms with Gasteiger partial charge in [-0.3, -0.25) is 14.5 Å². The number of ether oxygens (including phenoxy) is 1. The van der Waals surface area contributed by atoms with Crippen LogP contribution in [-0.2, 0) is 11.8 Å². The van der Waals surface area contributed by atoms with Gasteiger partial charge in [-0.1, -0.05) is 11.6 Å². The van der Waals surface area contributed by atoms with E-state index < -0.39 is 29.0 Å². The second-order valence-electron chi connectivity index (χ2n) is 7.95. The molecule has 2 aromatic heterocycles. The molecule has 12 heteroatoms. The minimum absolute atomic E-state index is 0.0715. The molecule has 35 heavy (non-hydrogen) atoms. The van der Waals surface area contributed by atoms with Crippen LogP contribution in [0.2, 0.25) is 5.02 Å². The van der Waals surface area contributed by atoms with Gasteiger partial charge in [0.1, 0.15) is 16.8 Å². The number of carbonyl (C=O) groups excluding carboxylic acids is 2. The lowest BCUT2D eigenvalue weighted by Crippen LogP contribution is -2.62. The Labute approximate surface area is 208 Å². The molecule has 0 bridgehead atoms. The first-order chi connectivity index (χ1) is 16.8. The molecule has 0 spiro atoms. The van der Waals surface area contributed by atoms with Crippen LogP contribution in [0.4, 0.5) is 14.9 Å². The fourth-order valence-corrected chi connectivity index (χ4v) is 5.93. The Morgan fingerprint density at radius 2 is 2.09 bits per heavy atom. The predicted molar refractivity (Wildman–Crippen MR) is 129 cm³/mol. The molecule has 2 aliphatic heterocycles. The van der Waals surface area contributed by atoms with E-state index in [1.165, 1.54) is 24.3 Å². The van der Waals surface area contributed by atoms with Gasteiger partial charge in [-0.25, -0.2) is 14.1 Å². The Morgan fingerprint density at radius 1 is 1.29 bits per heavy atom. The van der Waals surface area contributed by atoms with Gasteiger partial charge in [0.05, 0.1) is 54.3 Å². The number of urea groups is 1. The number of halogens is 2. The van der Waals surface area contributed by atoms with E-state index >= 15 is 0 Å². The number of benzene rings is 1. The van der Waals surface area contributed by atoms with E-state index in [9.17, 15) is 19.2 Å². The number of thioether (sulfide) groups is 1. The molecule has 178 valence electrons. The number of fused-ring (bicyclic) bond motifs is 2. The van der Waals surface area contributed by atoms with Crippen LogP contribution in [-0.4, -0.2) is 56.5 Å². The largest absolute Gasteiger partial charge is 0.495 e. The first kappa shape index (κ1) is 23.1. The average molecular weight is 513 g/mol. The number of anilines is 1. The van der Waals surface area contributed by atoms with Gasteiger partial charge in [0, 0.05) is 35.6 Å². The lowest BCUT2D eigenvalue weighted by atomic mass is 10.0. The van der Waals surface area contributed by atoms with Crippen molar-refractivity contribution in [2.75, 3.05) is 18.6 Å². The fraction of sp³-hybridized carbons (Fsp3) is 0.261. The molecule has 1 fully saturated rings. The number of aryl methyl sites for hydroxylation is 1. The van der Waals surface area contributed by atoms with Crippen LogP contribution in [0, 0.1) is 17.1 Å². The molecule has 1 aromatic carbocycles. The smallest absolute Gasteiger partial charge is 0.332 e. The number of aromatic nitrogens is 3. The van der Waals surface area contributed by atoms with Gasteiger partial charge in [0.25, 0.3) is 5.91 Å². The van der Waals surface area contributed by atoms with Crippen LogP contribution in [0.5, 0.6) is 5.75 Å². The summed E-state index contributed by atoms with van der Waals surface area (Å²) < 4.78 is 21.7. The average Bonchev–Trinajstić information content (AvgIpc) is 3.44. The Morgan fingerprint density at radius 3 is 2.83 bits per heavy atom. The highest BCUT2D eigenvalue weighted by molar-refractivity contribution is 8.09. The molecule has 3 aromatic rings. The monoisotopic (exact) mass is 512 g/mol. The van der Waals surface area contributed by atoms with Gasteiger partial charge in [0.2, 0.25) is 0 Å². The standard InChI is InChI=1S/C23H18ClFN6O3S/c1-29-20-12(10-28-29)9-27-11-17(20)31-22(32)21-16(30(23(31)33)5-3-4-26)8-19(35-21)13-6-18(34-2)14(24)7-15(13)25/h6-11,16,21H,3,5H2,1-2H3. The van der Waals surface area contributed by atoms with E-state index in [0.717, 1.165) is 22.7 Å². The summed E-state index contributed by atoms with van der Waals surface area (Å²) in [7, 11) is 3.14. The Bertz CT molecular complexity index is 1450. The van der Waals surface area contributed by atoms with E-state index in [4.69, 9.17) is 16.3 Å². The highest BCUT2D eigenvalue weighted by Gasteiger charge is 2.50. The van der Waals surface area contributed by atoms with Crippen molar-refractivity contribution in [1.29, 1.82) is 5.26 Å². The minimum atomic E-state index is -0.744. The first-order valence-corrected chi connectivity index (χ1v) is 11.8. The summed E-state index contributed by atoms with van der Waals surface area (Å²) in [6, 6.07) is 3.44. The van der Waals surface area contributed by atoms with Gasteiger partial charge in [0.15, 0.2) is 0 Å². The SMILES string of the molecule is COc1cc(C2=CC3C(S2)C(=O)N(c2cncc4cnn(C)c24)C(=O)N3CCC#N)c(F)cc1Cl. The summed E-state index contributed by atoms with van der Waals surface area (Å²) in [5, 5.41) is 13.4. The van der Waals surface area contributed by atoms with Gasteiger partial charge >= 0.3 is 6.03 Å². The molecule has 2 atom stereocenters. The summed E-state index contributed by atoms with van der Waals surface area (Å²) in [6.45, 7) is 0.103. The molecule has 0 saturated carbocycles. The predicted octanol–water partition coefficient (Wildman–Crippen LogP) is 3.98. The number of hydrogen-bond acceptors (Lipinski definition) is 7.